The highest BCUT2D eigenvalue weighted by atomic mass is 16.7. The van der Waals surface area contributed by atoms with Crippen LogP contribution in [0.5, 0.6) is 11.5 Å². The van der Waals surface area contributed by atoms with E-state index in [1.54, 1.807) is 0 Å². The first-order chi connectivity index (χ1) is 9.67. The average molecular weight is 278 g/mol. The Morgan fingerprint density at radius 1 is 1.25 bits per heavy atom. The zero-order valence-electron chi connectivity index (χ0n) is 11.2. The molecule has 0 spiro atoms. The molecule has 0 unspecified atom stereocenters. The van der Waals surface area contributed by atoms with Gasteiger partial charge in [-0.25, -0.2) is 0 Å². The number of fused-ring (bicyclic) bond motifs is 1. The van der Waals surface area contributed by atoms with Gasteiger partial charge in [0.1, 0.15) is 0 Å². The summed E-state index contributed by atoms with van der Waals surface area (Å²) in [7, 11) is 0. The van der Waals surface area contributed by atoms with E-state index in [4.69, 9.17) is 19.9 Å². The lowest BCUT2D eigenvalue weighted by Gasteiger charge is -2.31. The van der Waals surface area contributed by atoms with Gasteiger partial charge in [0.15, 0.2) is 11.5 Å². The molecule has 0 aromatic heterocycles. The first kappa shape index (κ1) is 13.2. The molecular formula is C14H18N2O4. The second-order valence-electron chi connectivity index (χ2n) is 5.14. The molecule has 0 radical (unpaired) electrons. The quantitative estimate of drug-likeness (QED) is 0.843. The first-order valence-corrected chi connectivity index (χ1v) is 6.71. The number of nitrogens with two attached hydrogens (primary N) is 1. The van der Waals surface area contributed by atoms with Crippen LogP contribution in [0, 0.1) is 0 Å². The van der Waals surface area contributed by atoms with E-state index >= 15 is 0 Å². The van der Waals surface area contributed by atoms with E-state index in [1.165, 1.54) is 0 Å². The summed E-state index contributed by atoms with van der Waals surface area (Å²) >= 11 is 0. The van der Waals surface area contributed by atoms with Crippen molar-refractivity contribution in [2.45, 2.75) is 24.9 Å². The molecule has 6 heteroatoms. The van der Waals surface area contributed by atoms with Crippen LogP contribution in [0.4, 0.5) is 0 Å². The standard InChI is InChI=1S/C14H18N2O4/c15-14(3-5-18-6-4-14)13(17)16-8-10-1-2-11-12(7-10)20-9-19-11/h1-2,7H,3-6,8-9,15H2,(H,16,17). The van der Waals surface area contributed by atoms with Gasteiger partial charge in [-0.05, 0) is 30.5 Å². The van der Waals surface area contributed by atoms with Crippen molar-refractivity contribution in [1.82, 2.24) is 5.32 Å². The summed E-state index contributed by atoms with van der Waals surface area (Å²) in [6.45, 7) is 1.74. The van der Waals surface area contributed by atoms with Gasteiger partial charge in [0, 0.05) is 19.8 Å². The third kappa shape index (κ3) is 2.57. The lowest BCUT2D eigenvalue weighted by atomic mass is 9.90. The highest BCUT2D eigenvalue weighted by Gasteiger charge is 2.35. The molecule has 1 aromatic rings. The molecule has 0 saturated carbocycles. The smallest absolute Gasteiger partial charge is 0.240 e. The van der Waals surface area contributed by atoms with Crippen LogP contribution in [0.2, 0.25) is 0 Å². The maximum Gasteiger partial charge on any atom is 0.240 e. The van der Waals surface area contributed by atoms with Gasteiger partial charge in [0.05, 0.1) is 5.54 Å². The highest BCUT2D eigenvalue weighted by molar-refractivity contribution is 5.86. The third-order valence-corrected chi connectivity index (χ3v) is 3.73. The molecule has 2 heterocycles. The van der Waals surface area contributed by atoms with Crippen LogP contribution < -0.4 is 20.5 Å². The number of amides is 1. The van der Waals surface area contributed by atoms with Crippen LogP contribution in [0.15, 0.2) is 18.2 Å². The molecule has 0 atom stereocenters. The maximum absolute atomic E-state index is 12.2. The Labute approximate surface area is 117 Å². The second-order valence-corrected chi connectivity index (χ2v) is 5.14. The van der Waals surface area contributed by atoms with E-state index < -0.39 is 5.54 Å². The number of benzene rings is 1. The summed E-state index contributed by atoms with van der Waals surface area (Å²) in [5.74, 6) is 1.32. The molecule has 3 rings (SSSR count). The number of rotatable bonds is 3. The zero-order chi connectivity index (χ0) is 14.0. The average Bonchev–Trinajstić information content (AvgIpc) is 2.93. The normalized spacial score (nSPS) is 19.6. The molecule has 1 fully saturated rings. The number of nitrogens with one attached hydrogen (secondary N) is 1. The van der Waals surface area contributed by atoms with Crippen LogP contribution >= 0.6 is 0 Å². The lowest BCUT2D eigenvalue weighted by Crippen LogP contribution is -2.56. The molecule has 108 valence electrons. The summed E-state index contributed by atoms with van der Waals surface area (Å²) in [6, 6.07) is 5.62. The van der Waals surface area contributed by atoms with Gasteiger partial charge in [-0.3, -0.25) is 4.79 Å². The van der Waals surface area contributed by atoms with Gasteiger partial charge >= 0.3 is 0 Å². The summed E-state index contributed by atoms with van der Waals surface area (Å²) in [6.07, 6.45) is 1.11. The Morgan fingerprint density at radius 2 is 2.00 bits per heavy atom. The van der Waals surface area contributed by atoms with Crippen LogP contribution in [0.3, 0.4) is 0 Å². The molecular weight excluding hydrogens is 260 g/mol. The van der Waals surface area contributed by atoms with Crippen molar-refractivity contribution in [3.63, 3.8) is 0 Å². The monoisotopic (exact) mass is 278 g/mol. The van der Waals surface area contributed by atoms with Gasteiger partial charge in [0.2, 0.25) is 12.7 Å². The van der Waals surface area contributed by atoms with Crippen molar-refractivity contribution in [3.8, 4) is 11.5 Å². The van der Waals surface area contributed by atoms with Crippen molar-refractivity contribution < 1.29 is 19.0 Å². The SMILES string of the molecule is NC1(C(=O)NCc2ccc3c(c2)OCO3)CCOCC1. The Hall–Kier alpha value is -1.79. The molecule has 1 aromatic carbocycles. The van der Waals surface area contributed by atoms with Crippen LogP contribution in [-0.4, -0.2) is 31.5 Å². The molecule has 1 amide bonds. The fourth-order valence-corrected chi connectivity index (χ4v) is 2.37. The predicted molar refractivity (Wildman–Crippen MR) is 71.4 cm³/mol. The van der Waals surface area contributed by atoms with Gasteiger partial charge in [-0.1, -0.05) is 6.07 Å². The van der Waals surface area contributed by atoms with Crippen molar-refractivity contribution in [3.05, 3.63) is 23.8 Å². The van der Waals surface area contributed by atoms with Crippen LogP contribution in [-0.2, 0) is 16.1 Å². The number of hydrogen-bond donors (Lipinski definition) is 2. The summed E-state index contributed by atoms with van der Waals surface area (Å²) < 4.78 is 15.8. The van der Waals surface area contributed by atoms with E-state index in [1.807, 2.05) is 18.2 Å². The number of hydrogen-bond acceptors (Lipinski definition) is 5. The molecule has 2 aliphatic heterocycles. The molecule has 3 N–H and O–H groups in total. The minimum Gasteiger partial charge on any atom is -0.454 e. The van der Waals surface area contributed by atoms with Crippen molar-refractivity contribution in [2.75, 3.05) is 20.0 Å². The highest BCUT2D eigenvalue weighted by Crippen LogP contribution is 2.32. The van der Waals surface area contributed by atoms with Gasteiger partial charge < -0.3 is 25.3 Å². The Morgan fingerprint density at radius 3 is 2.80 bits per heavy atom. The van der Waals surface area contributed by atoms with Gasteiger partial charge in [-0.15, -0.1) is 0 Å². The zero-order valence-corrected chi connectivity index (χ0v) is 11.2. The molecule has 2 aliphatic rings. The molecule has 20 heavy (non-hydrogen) atoms. The molecule has 0 aliphatic carbocycles. The van der Waals surface area contributed by atoms with Crippen molar-refractivity contribution >= 4 is 5.91 Å². The minimum absolute atomic E-state index is 0.126. The van der Waals surface area contributed by atoms with E-state index in [-0.39, 0.29) is 12.7 Å². The fourth-order valence-electron chi connectivity index (χ4n) is 2.37. The summed E-state index contributed by atoms with van der Waals surface area (Å²) in [4.78, 5) is 12.2. The van der Waals surface area contributed by atoms with Gasteiger partial charge in [-0.2, -0.15) is 0 Å². The summed E-state index contributed by atoms with van der Waals surface area (Å²) in [5.41, 5.74) is 6.27. The Bertz CT molecular complexity index is 512. The minimum atomic E-state index is -0.811. The first-order valence-electron chi connectivity index (χ1n) is 6.71. The van der Waals surface area contributed by atoms with Crippen molar-refractivity contribution in [2.24, 2.45) is 5.73 Å². The fraction of sp³-hybridized carbons (Fsp3) is 0.500. The van der Waals surface area contributed by atoms with E-state index in [0.717, 1.165) is 11.3 Å². The maximum atomic E-state index is 12.2. The number of ether oxygens (including phenoxy) is 3. The van der Waals surface area contributed by atoms with E-state index in [0.29, 0.717) is 38.3 Å². The Kier molecular flexibility index (Phi) is 3.50. The largest absolute Gasteiger partial charge is 0.454 e. The van der Waals surface area contributed by atoms with Crippen LogP contribution in [0.1, 0.15) is 18.4 Å². The van der Waals surface area contributed by atoms with Gasteiger partial charge in [0.25, 0.3) is 0 Å². The topological polar surface area (TPSA) is 82.8 Å². The predicted octanol–water partition coefficient (Wildman–Crippen LogP) is 0.539. The molecule has 0 bridgehead atoms. The Balaban J connectivity index is 1.60. The number of carbonyl (C=O) groups excluding carboxylic acids is 1. The lowest BCUT2D eigenvalue weighted by molar-refractivity contribution is -0.129. The second kappa shape index (κ2) is 5.30. The summed E-state index contributed by atoms with van der Waals surface area (Å²) in [5, 5.41) is 2.88. The van der Waals surface area contributed by atoms with Crippen LogP contribution in [0.25, 0.3) is 0 Å². The van der Waals surface area contributed by atoms with E-state index in [9.17, 15) is 4.79 Å². The molecule has 6 nitrogen and oxygen atoms in total. The number of carbonyl (C=O) groups is 1. The molecule has 1 saturated heterocycles. The van der Waals surface area contributed by atoms with Crippen molar-refractivity contribution in [1.29, 1.82) is 0 Å². The third-order valence-electron chi connectivity index (χ3n) is 3.73. The van der Waals surface area contributed by atoms with E-state index in [2.05, 4.69) is 5.32 Å².